The molecule has 4 rings (SSSR count). The van der Waals surface area contributed by atoms with Crippen molar-refractivity contribution < 1.29 is 22.2 Å². The first kappa shape index (κ1) is 20.3. The van der Waals surface area contributed by atoms with Crippen LogP contribution in [0.25, 0.3) is 0 Å². The first-order valence-corrected chi connectivity index (χ1v) is 11.7. The highest BCUT2D eigenvalue weighted by atomic mass is 32.2. The summed E-state index contributed by atoms with van der Waals surface area (Å²) in [4.78, 5) is 18.9. The van der Waals surface area contributed by atoms with Crippen LogP contribution in [0.5, 0.6) is 0 Å². The Morgan fingerprint density at radius 3 is 2.70 bits per heavy atom. The van der Waals surface area contributed by atoms with Gasteiger partial charge in [-0.15, -0.1) is 0 Å². The van der Waals surface area contributed by atoms with Crippen molar-refractivity contribution in [2.45, 2.75) is 38.3 Å². The van der Waals surface area contributed by atoms with Crippen molar-refractivity contribution in [2.75, 3.05) is 11.5 Å². The molecule has 1 aliphatic heterocycles. The van der Waals surface area contributed by atoms with Crippen molar-refractivity contribution in [3.8, 4) is 0 Å². The van der Waals surface area contributed by atoms with Gasteiger partial charge in [0.05, 0.1) is 24.3 Å². The maximum Gasteiger partial charge on any atom is 0.227 e. The summed E-state index contributed by atoms with van der Waals surface area (Å²) >= 11 is 0. The molecule has 1 fully saturated rings. The number of aromatic nitrogens is 2. The molecule has 158 valence electrons. The monoisotopic (exact) mass is 429 g/mol. The van der Waals surface area contributed by atoms with Gasteiger partial charge in [-0.1, -0.05) is 35.5 Å². The quantitative estimate of drug-likeness (QED) is 0.541. The highest BCUT2D eigenvalue weighted by Gasteiger charge is 2.35. The Hall–Kier alpha value is -2.94. The number of rotatable bonds is 8. The second-order valence-electron chi connectivity index (χ2n) is 7.42. The lowest BCUT2D eigenvalue weighted by Crippen LogP contribution is -2.40. The number of furan rings is 1. The molecule has 0 saturated carbocycles. The summed E-state index contributed by atoms with van der Waals surface area (Å²) in [5, 5.41) is 3.99. The van der Waals surface area contributed by atoms with Crippen LogP contribution in [0.2, 0.25) is 0 Å². The van der Waals surface area contributed by atoms with Crippen molar-refractivity contribution in [3.05, 3.63) is 71.8 Å². The van der Waals surface area contributed by atoms with E-state index in [1.807, 2.05) is 30.3 Å². The number of carbonyl (C=O) groups excluding carboxylic acids is 1. The number of sulfone groups is 1. The van der Waals surface area contributed by atoms with E-state index in [2.05, 4.69) is 10.1 Å². The van der Waals surface area contributed by atoms with Crippen LogP contribution in [0.1, 0.15) is 35.9 Å². The molecule has 1 aliphatic rings. The van der Waals surface area contributed by atoms with E-state index in [-0.39, 0.29) is 36.4 Å². The number of aryl methyl sites for hydroxylation is 1. The van der Waals surface area contributed by atoms with Gasteiger partial charge < -0.3 is 13.8 Å². The van der Waals surface area contributed by atoms with Crippen LogP contribution in [-0.4, -0.2) is 46.9 Å². The minimum Gasteiger partial charge on any atom is -0.467 e. The maximum absolute atomic E-state index is 12.9. The Balaban J connectivity index is 1.39. The molecule has 0 radical (unpaired) electrons. The molecule has 1 aromatic carbocycles. The molecule has 30 heavy (non-hydrogen) atoms. The van der Waals surface area contributed by atoms with Gasteiger partial charge in [-0.3, -0.25) is 4.79 Å². The van der Waals surface area contributed by atoms with Crippen LogP contribution >= 0.6 is 0 Å². The zero-order valence-electron chi connectivity index (χ0n) is 16.4. The summed E-state index contributed by atoms with van der Waals surface area (Å²) in [5.74, 6) is 1.52. The number of amides is 1. The molecule has 3 aromatic rings. The van der Waals surface area contributed by atoms with Gasteiger partial charge in [0.1, 0.15) is 5.76 Å². The summed E-state index contributed by atoms with van der Waals surface area (Å²) in [7, 11) is -3.11. The summed E-state index contributed by atoms with van der Waals surface area (Å²) in [6.07, 6.45) is 2.99. The van der Waals surface area contributed by atoms with Crippen LogP contribution in [0.3, 0.4) is 0 Å². The Kier molecular flexibility index (Phi) is 5.98. The average molecular weight is 429 g/mol. The lowest BCUT2D eigenvalue weighted by atomic mass is 10.1. The second-order valence-corrected chi connectivity index (χ2v) is 9.65. The largest absolute Gasteiger partial charge is 0.467 e. The molecule has 1 saturated heterocycles. The molecule has 0 bridgehead atoms. The molecule has 0 spiro atoms. The Labute approximate surface area is 174 Å². The van der Waals surface area contributed by atoms with E-state index in [1.54, 1.807) is 17.0 Å². The first-order chi connectivity index (χ1) is 14.5. The summed E-state index contributed by atoms with van der Waals surface area (Å²) < 4.78 is 34.5. The third-order valence-corrected chi connectivity index (χ3v) is 6.89. The van der Waals surface area contributed by atoms with Gasteiger partial charge in [-0.2, -0.15) is 4.98 Å². The molecule has 9 heteroatoms. The van der Waals surface area contributed by atoms with Crippen molar-refractivity contribution in [2.24, 2.45) is 0 Å². The minimum absolute atomic E-state index is 0.0127. The minimum atomic E-state index is -3.11. The summed E-state index contributed by atoms with van der Waals surface area (Å²) in [5.41, 5.74) is 1.08. The van der Waals surface area contributed by atoms with Gasteiger partial charge in [-0.05, 0) is 24.1 Å². The van der Waals surface area contributed by atoms with Crippen molar-refractivity contribution in [3.63, 3.8) is 0 Å². The third-order valence-electron chi connectivity index (χ3n) is 5.14. The second kappa shape index (κ2) is 8.83. The first-order valence-electron chi connectivity index (χ1n) is 9.86. The van der Waals surface area contributed by atoms with E-state index in [1.165, 1.54) is 6.26 Å². The normalized spacial score (nSPS) is 17.8. The van der Waals surface area contributed by atoms with Gasteiger partial charge in [0, 0.05) is 25.3 Å². The van der Waals surface area contributed by atoms with E-state index >= 15 is 0 Å². The molecular formula is C21H23N3O5S. The molecule has 1 amide bonds. The summed E-state index contributed by atoms with van der Waals surface area (Å²) in [6, 6.07) is 13.0. The van der Waals surface area contributed by atoms with Gasteiger partial charge >= 0.3 is 0 Å². The molecule has 3 heterocycles. The Bertz CT molecular complexity index is 1080. The van der Waals surface area contributed by atoms with E-state index in [4.69, 9.17) is 8.94 Å². The fourth-order valence-corrected chi connectivity index (χ4v) is 5.34. The Morgan fingerprint density at radius 2 is 2.00 bits per heavy atom. The number of hydrogen-bond donors (Lipinski definition) is 0. The zero-order valence-corrected chi connectivity index (χ0v) is 17.3. The van der Waals surface area contributed by atoms with E-state index in [0.29, 0.717) is 36.7 Å². The maximum atomic E-state index is 12.9. The standard InChI is InChI=1S/C21H23N3O5S/c25-21(9-8-20-22-19(23-29-20)13-16-5-2-1-3-6-16)24(14-18-7-4-11-28-18)17-10-12-30(26,27)15-17/h1-7,11,17H,8-10,12-15H2. The molecule has 0 aliphatic carbocycles. The third kappa shape index (κ3) is 5.15. The average Bonchev–Trinajstić information content (AvgIpc) is 3.47. The number of hydrogen-bond acceptors (Lipinski definition) is 7. The fourth-order valence-electron chi connectivity index (χ4n) is 3.61. The number of benzene rings is 1. The number of nitrogens with zero attached hydrogens (tertiary/aromatic N) is 3. The fraction of sp³-hybridized carbons (Fsp3) is 0.381. The topological polar surface area (TPSA) is 107 Å². The van der Waals surface area contributed by atoms with Crippen molar-refractivity contribution in [1.82, 2.24) is 15.0 Å². The van der Waals surface area contributed by atoms with Crippen LogP contribution < -0.4 is 0 Å². The number of carbonyl (C=O) groups is 1. The smallest absolute Gasteiger partial charge is 0.227 e. The zero-order chi connectivity index (χ0) is 21.0. The van der Waals surface area contributed by atoms with Gasteiger partial charge in [0.25, 0.3) is 0 Å². The highest BCUT2D eigenvalue weighted by Crippen LogP contribution is 2.22. The SMILES string of the molecule is O=C(CCc1nc(Cc2ccccc2)no1)N(Cc1ccco1)C1CCS(=O)(=O)C1. The van der Waals surface area contributed by atoms with E-state index < -0.39 is 9.84 Å². The predicted octanol–water partition coefficient (Wildman–Crippen LogP) is 2.40. The predicted molar refractivity (Wildman–Crippen MR) is 108 cm³/mol. The van der Waals surface area contributed by atoms with Gasteiger partial charge in [0.2, 0.25) is 11.8 Å². The van der Waals surface area contributed by atoms with E-state index in [0.717, 1.165) is 5.56 Å². The summed E-state index contributed by atoms with van der Waals surface area (Å²) in [6.45, 7) is 0.245. The van der Waals surface area contributed by atoms with Gasteiger partial charge in [0.15, 0.2) is 15.7 Å². The molecule has 2 aromatic heterocycles. The van der Waals surface area contributed by atoms with Gasteiger partial charge in [-0.25, -0.2) is 8.42 Å². The van der Waals surface area contributed by atoms with Crippen LogP contribution in [-0.2, 0) is 34.0 Å². The molecule has 1 unspecified atom stereocenters. The van der Waals surface area contributed by atoms with Crippen molar-refractivity contribution >= 4 is 15.7 Å². The Morgan fingerprint density at radius 1 is 1.17 bits per heavy atom. The lowest BCUT2D eigenvalue weighted by molar-refractivity contribution is -0.134. The molecule has 1 atom stereocenters. The lowest BCUT2D eigenvalue weighted by Gasteiger charge is -2.27. The molecular weight excluding hydrogens is 406 g/mol. The van der Waals surface area contributed by atoms with Crippen molar-refractivity contribution in [1.29, 1.82) is 0 Å². The molecule has 8 nitrogen and oxygen atoms in total. The van der Waals surface area contributed by atoms with E-state index in [9.17, 15) is 13.2 Å². The molecule has 0 N–H and O–H groups in total. The van der Waals surface area contributed by atoms with Crippen LogP contribution in [0, 0.1) is 0 Å². The van der Waals surface area contributed by atoms with Crippen LogP contribution in [0.4, 0.5) is 0 Å². The highest BCUT2D eigenvalue weighted by molar-refractivity contribution is 7.91. The van der Waals surface area contributed by atoms with Crippen LogP contribution in [0.15, 0.2) is 57.7 Å².